The molecule has 2 aromatic rings. The van der Waals surface area contributed by atoms with Crippen molar-refractivity contribution in [2.75, 3.05) is 0 Å². The van der Waals surface area contributed by atoms with Crippen molar-refractivity contribution in [1.29, 1.82) is 0 Å². The zero-order valence-electron chi connectivity index (χ0n) is 7.79. The van der Waals surface area contributed by atoms with E-state index in [4.69, 9.17) is 14.7 Å². The van der Waals surface area contributed by atoms with Crippen LogP contribution in [0, 0.1) is 0 Å². The molecule has 1 heterocycles. The van der Waals surface area contributed by atoms with Gasteiger partial charge in [-0.3, -0.25) is 0 Å². The van der Waals surface area contributed by atoms with Gasteiger partial charge in [0.15, 0.2) is 0 Å². The fourth-order valence-corrected chi connectivity index (χ4v) is 1.26. The molecule has 0 aliphatic heterocycles. The summed E-state index contributed by atoms with van der Waals surface area (Å²) in [5.74, 6) is 1.08. The maximum atomic E-state index is 8.64. The third-order valence-electron chi connectivity index (χ3n) is 1.85. The summed E-state index contributed by atoms with van der Waals surface area (Å²) in [6, 6.07) is 6.88. The van der Waals surface area contributed by atoms with Gasteiger partial charge in [-0.1, -0.05) is 12.1 Å². The van der Waals surface area contributed by atoms with Gasteiger partial charge in [-0.15, -0.1) is 0 Å². The molecular weight excluding hydrogens is 195 g/mol. The highest BCUT2D eigenvalue weighted by Gasteiger charge is 2.11. The monoisotopic (exact) mass is 204 g/mol. The lowest BCUT2D eigenvalue weighted by atomic mass is 10.2. The standard InChI is InChI=1S/C9H9BN2O3/c13-10(14)15-8-3-1-2-7(6-8)9-11-4-5-12-9/h1-6,13-14H,(H,11,12). The molecule has 0 aliphatic carbocycles. The molecule has 1 aromatic heterocycles. The molecule has 3 N–H and O–H groups in total. The summed E-state index contributed by atoms with van der Waals surface area (Å²) in [6.07, 6.45) is 3.35. The zero-order valence-corrected chi connectivity index (χ0v) is 7.79. The molecule has 0 radical (unpaired) electrons. The van der Waals surface area contributed by atoms with Crippen molar-refractivity contribution in [3.63, 3.8) is 0 Å². The lowest BCUT2D eigenvalue weighted by molar-refractivity contribution is 0.288. The van der Waals surface area contributed by atoms with Gasteiger partial charge in [-0.25, -0.2) is 4.98 Å². The van der Waals surface area contributed by atoms with Gasteiger partial charge < -0.3 is 19.7 Å². The third-order valence-corrected chi connectivity index (χ3v) is 1.85. The highest BCUT2D eigenvalue weighted by molar-refractivity contribution is 6.33. The summed E-state index contributed by atoms with van der Waals surface area (Å²) in [6.45, 7) is 0. The van der Waals surface area contributed by atoms with Crippen LogP contribution in [0.1, 0.15) is 0 Å². The Balaban J connectivity index is 2.27. The Bertz CT molecular complexity index is 431. The van der Waals surface area contributed by atoms with Gasteiger partial charge in [0.25, 0.3) is 0 Å². The molecule has 2 rings (SSSR count). The minimum Gasteiger partial charge on any atom is -0.512 e. The van der Waals surface area contributed by atoms with E-state index in [9.17, 15) is 0 Å². The Kier molecular flexibility index (Phi) is 2.71. The molecule has 0 atom stereocenters. The molecule has 0 saturated heterocycles. The van der Waals surface area contributed by atoms with Gasteiger partial charge in [0.05, 0.1) is 0 Å². The van der Waals surface area contributed by atoms with E-state index in [1.807, 2.05) is 6.07 Å². The van der Waals surface area contributed by atoms with Crippen LogP contribution in [0.4, 0.5) is 0 Å². The molecule has 0 spiro atoms. The largest absolute Gasteiger partial charge is 0.707 e. The Hall–Kier alpha value is -1.79. The first kappa shape index (κ1) is 9.76. The van der Waals surface area contributed by atoms with Crippen LogP contribution in [-0.4, -0.2) is 27.3 Å². The zero-order chi connectivity index (χ0) is 10.7. The molecule has 5 nitrogen and oxygen atoms in total. The van der Waals surface area contributed by atoms with Crippen LogP contribution >= 0.6 is 0 Å². The fraction of sp³-hybridized carbons (Fsp3) is 0. The van der Waals surface area contributed by atoms with Crippen LogP contribution in [0.3, 0.4) is 0 Å². The van der Waals surface area contributed by atoms with Gasteiger partial charge in [-0.2, -0.15) is 0 Å². The predicted molar refractivity (Wildman–Crippen MR) is 54.8 cm³/mol. The average Bonchev–Trinajstić information content (AvgIpc) is 2.69. The number of nitrogens with zero attached hydrogens (tertiary/aromatic N) is 1. The number of aromatic nitrogens is 2. The van der Waals surface area contributed by atoms with Gasteiger partial charge in [0.1, 0.15) is 11.6 Å². The Morgan fingerprint density at radius 2 is 2.20 bits per heavy atom. The van der Waals surface area contributed by atoms with Crippen molar-refractivity contribution in [1.82, 2.24) is 9.97 Å². The van der Waals surface area contributed by atoms with Crippen molar-refractivity contribution in [2.24, 2.45) is 0 Å². The Morgan fingerprint density at radius 3 is 2.87 bits per heavy atom. The average molecular weight is 204 g/mol. The molecule has 0 fully saturated rings. The maximum Gasteiger partial charge on any atom is 0.707 e. The molecule has 0 aliphatic rings. The SMILES string of the molecule is OB(O)Oc1cccc(-c2ncc[nH]2)c1. The smallest absolute Gasteiger partial charge is 0.512 e. The summed E-state index contributed by atoms with van der Waals surface area (Å²) in [5.41, 5.74) is 0.818. The number of imidazole rings is 1. The van der Waals surface area contributed by atoms with Gasteiger partial charge in [0.2, 0.25) is 0 Å². The number of benzene rings is 1. The van der Waals surface area contributed by atoms with Crippen LogP contribution in [0.15, 0.2) is 36.7 Å². The van der Waals surface area contributed by atoms with E-state index in [2.05, 4.69) is 9.97 Å². The van der Waals surface area contributed by atoms with Gasteiger partial charge in [-0.05, 0) is 12.1 Å². The summed E-state index contributed by atoms with van der Waals surface area (Å²) in [7, 11) is -1.81. The summed E-state index contributed by atoms with van der Waals surface area (Å²) < 4.78 is 4.72. The molecule has 0 bridgehead atoms. The van der Waals surface area contributed by atoms with E-state index in [0.717, 1.165) is 5.56 Å². The predicted octanol–water partition coefficient (Wildman–Crippen LogP) is 0.425. The number of hydrogen-bond acceptors (Lipinski definition) is 4. The van der Waals surface area contributed by atoms with Crippen LogP contribution in [0.25, 0.3) is 11.4 Å². The molecule has 0 unspecified atom stereocenters. The fourth-order valence-electron chi connectivity index (χ4n) is 1.26. The van der Waals surface area contributed by atoms with Crippen molar-refractivity contribution in [3.8, 4) is 17.1 Å². The lowest BCUT2D eigenvalue weighted by Crippen LogP contribution is -2.20. The van der Waals surface area contributed by atoms with E-state index >= 15 is 0 Å². The van der Waals surface area contributed by atoms with Crippen molar-refractivity contribution >= 4 is 7.32 Å². The van der Waals surface area contributed by atoms with Crippen molar-refractivity contribution < 1.29 is 14.7 Å². The van der Waals surface area contributed by atoms with Gasteiger partial charge in [0, 0.05) is 18.0 Å². The molecule has 15 heavy (non-hydrogen) atoms. The summed E-state index contributed by atoms with van der Waals surface area (Å²) in [5, 5.41) is 17.3. The van der Waals surface area contributed by atoms with E-state index in [1.165, 1.54) is 0 Å². The first-order valence-electron chi connectivity index (χ1n) is 4.38. The molecular formula is C9H9BN2O3. The Labute approximate surface area is 86.5 Å². The van der Waals surface area contributed by atoms with Gasteiger partial charge >= 0.3 is 7.32 Å². The minimum absolute atomic E-state index is 0.374. The van der Waals surface area contributed by atoms with Crippen molar-refractivity contribution in [2.45, 2.75) is 0 Å². The van der Waals surface area contributed by atoms with Crippen LogP contribution in [-0.2, 0) is 0 Å². The van der Waals surface area contributed by atoms with Crippen molar-refractivity contribution in [3.05, 3.63) is 36.7 Å². The molecule has 76 valence electrons. The first-order chi connectivity index (χ1) is 7.25. The van der Waals surface area contributed by atoms with E-state index in [0.29, 0.717) is 11.6 Å². The normalized spacial score (nSPS) is 10.0. The molecule has 6 heteroatoms. The maximum absolute atomic E-state index is 8.64. The molecule has 1 aromatic carbocycles. The van der Waals surface area contributed by atoms with Crippen LogP contribution in [0.5, 0.6) is 5.75 Å². The highest BCUT2D eigenvalue weighted by Crippen LogP contribution is 2.20. The number of H-pyrrole nitrogens is 1. The summed E-state index contributed by atoms with van der Waals surface area (Å²) >= 11 is 0. The number of rotatable bonds is 3. The minimum atomic E-state index is -1.81. The lowest BCUT2D eigenvalue weighted by Gasteiger charge is -2.05. The number of aromatic amines is 1. The quantitative estimate of drug-likeness (QED) is 0.633. The third kappa shape index (κ3) is 2.36. The van der Waals surface area contributed by atoms with E-state index < -0.39 is 7.32 Å². The molecule has 0 amide bonds. The Morgan fingerprint density at radius 1 is 1.33 bits per heavy atom. The van der Waals surface area contributed by atoms with Crippen LogP contribution in [0.2, 0.25) is 0 Å². The second kappa shape index (κ2) is 4.16. The first-order valence-corrected chi connectivity index (χ1v) is 4.38. The van der Waals surface area contributed by atoms with E-state index in [1.54, 1.807) is 30.6 Å². The summed E-state index contributed by atoms with van der Waals surface area (Å²) in [4.78, 5) is 7.01. The second-order valence-electron chi connectivity index (χ2n) is 2.91. The van der Waals surface area contributed by atoms with E-state index in [-0.39, 0.29) is 0 Å². The number of nitrogens with one attached hydrogen (secondary N) is 1. The second-order valence-corrected chi connectivity index (χ2v) is 2.91. The topological polar surface area (TPSA) is 78.4 Å². The molecule has 0 saturated carbocycles. The highest BCUT2D eigenvalue weighted by atomic mass is 16.6. The number of hydrogen-bond donors (Lipinski definition) is 3. The van der Waals surface area contributed by atoms with Crippen LogP contribution < -0.4 is 4.65 Å².